The summed E-state index contributed by atoms with van der Waals surface area (Å²) < 4.78 is 0. The SMILES string of the molecule is CC(C)(C)N(C(=O)Cc1ccc([N+](=O)[O-])cc1)[C@@H](CCC(=O)O)C(=O)O. The van der Waals surface area contributed by atoms with E-state index in [0.29, 0.717) is 5.56 Å². The fourth-order valence-corrected chi connectivity index (χ4v) is 2.63. The first kappa shape index (κ1) is 21.1. The minimum absolute atomic E-state index is 0.112. The van der Waals surface area contributed by atoms with Crippen LogP contribution in [0.4, 0.5) is 5.69 Å². The van der Waals surface area contributed by atoms with Crippen molar-refractivity contribution in [1.82, 2.24) is 4.90 Å². The summed E-state index contributed by atoms with van der Waals surface area (Å²) in [5, 5.41) is 29.0. The smallest absolute Gasteiger partial charge is 0.326 e. The fraction of sp³-hybridized carbons (Fsp3) is 0.471. The number of benzene rings is 1. The Labute approximate surface area is 150 Å². The molecule has 9 heteroatoms. The molecule has 142 valence electrons. The Hall–Kier alpha value is -2.97. The fourth-order valence-electron chi connectivity index (χ4n) is 2.63. The van der Waals surface area contributed by atoms with Gasteiger partial charge in [-0.05, 0) is 32.8 Å². The molecule has 0 unspecified atom stereocenters. The zero-order chi connectivity index (χ0) is 20.1. The lowest BCUT2D eigenvalue weighted by molar-refractivity contribution is -0.384. The summed E-state index contributed by atoms with van der Waals surface area (Å²) in [6.45, 7) is 4.99. The molecule has 0 aliphatic carbocycles. The van der Waals surface area contributed by atoms with Gasteiger partial charge in [-0.25, -0.2) is 4.79 Å². The second-order valence-corrected chi connectivity index (χ2v) is 6.82. The number of hydrogen-bond donors (Lipinski definition) is 2. The molecule has 0 spiro atoms. The van der Waals surface area contributed by atoms with Crippen LogP contribution >= 0.6 is 0 Å². The molecule has 0 aliphatic rings. The van der Waals surface area contributed by atoms with Crippen molar-refractivity contribution in [2.45, 2.75) is 51.6 Å². The average Bonchev–Trinajstić information content (AvgIpc) is 2.49. The van der Waals surface area contributed by atoms with E-state index in [1.807, 2.05) is 0 Å². The third-order valence-electron chi connectivity index (χ3n) is 3.72. The first-order valence-corrected chi connectivity index (χ1v) is 7.93. The summed E-state index contributed by atoms with van der Waals surface area (Å²) in [6.07, 6.45) is -0.742. The second-order valence-electron chi connectivity index (χ2n) is 6.82. The molecule has 0 saturated carbocycles. The molecule has 0 aliphatic heterocycles. The van der Waals surface area contributed by atoms with E-state index in [2.05, 4.69) is 0 Å². The number of nitrogens with zero attached hydrogens (tertiary/aromatic N) is 2. The van der Waals surface area contributed by atoms with Gasteiger partial charge < -0.3 is 15.1 Å². The van der Waals surface area contributed by atoms with E-state index < -0.39 is 34.3 Å². The molecule has 0 bridgehead atoms. The van der Waals surface area contributed by atoms with Gasteiger partial charge in [0.2, 0.25) is 5.91 Å². The maximum absolute atomic E-state index is 12.7. The molecule has 1 rings (SSSR count). The predicted octanol–water partition coefficient (Wildman–Crippen LogP) is 2.08. The number of nitro groups is 1. The van der Waals surface area contributed by atoms with E-state index in [9.17, 15) is 29.6 Å². The lowest BCUT2D eigenvalue weighted by Crippen LogP contribution is -2.55. The summed E-state index contributed by atoms with van der Waals surface area (Å²) in [5.41, 5.74) is -0.463. The molecular formula is C17H22N2O7. The summed E-state index contributed by atoms with van der Waals surface area (Å²) in [5.74, 6) is -2.92. The zero-order valence-corrected chi connectivity index (χ0v) is 14.8. The van der Waals surface area contributed by atoms with Gasteiger partial charge in [0.05, 0.1) is 11.3 Å². The monoisotopic (exact) mass is 366 g/mol. The van der Waals surface area contributed by atoms with Crippen LogP contribution in [-0.2, 0) is 20.8 Å². The highest BCUT2D eigenvalue weighted by Gasteiger charge is 2.37. The third kappa shape index (κ3) is 5.83. The molecule has 1 atom stereocenters. The normalized spacial score (nSPS) is 12.3. The highest BCUT2D eigenvalue weighted by Crippen LogP contribution is 2.23. The van der Waals surface area contributed by atoms with E-state index >= 15 is 0 Å². The van der Waals surface area contributed by atoms with Crippen molar-refractivity contribution in [2.24, 2.45) is 0 Å². The topological polar surface area (TPSA) is 138 Å². The zero-order valence-electron chi connectivity index (χ0n) is 14.8. The van der Waals surface area contributed by atoms with Gasteiger partial charge in [-0.2, -0.15) is 0 Å². The molecule has 0 saturated heterocycles. The second kappa shape index (κ2) is 8.41. The first-order chi connectivity index (χ1) is 11.9. The van der Waals surface area contributed by atoms with Crippen LogP contribution in [0, 0.1) is 10.1 Å². The van der Waals surface area contributed by atoms with Crippen LogP contribution in [0.2, 0.25) is 0 Å². The highest BCUT2D eigenvalue weighted by molar-refractivity contribution is 5.86. The van der Waals surface area contributed by atoms with E-state index in [1.165, 1.54) is 29.2 Å². The van der Waals surface area contributed by atoms with Gasteiger partial charge in [0.25, 0.3) is 5.69 Å². The van der Waals surface area contributed by atoms with E-state index in [4.69, 9.17) is 5.11 Å². The molecule has 0 heterocycles. The third-order valence-corrected chi connectivity index (χ3v) is 3.72. The summed E-state index contributed by atoms with van der Waals surface area (Å²) in [6, 6.07) is 4.12. The minimum Gasteiger partial charge on any atom is -0.481 e. The molecule has 0 aromatic heterocycles. The Kier molecular flexibility index (Phi) is 6.82. The molecule has 26 heavy (non-hydrogen) atoms. The first-order valence-electron chi connectivity index (χ1n) is 7.93. The van der Waals surface area contributed by atoms with Crippen molar-refractivity contribution in [3.63, 3.8) is 0 Å². The summed E-state index contributed by atoms with van der Waals surface area (Å²) in [7, 11) is 0. The van der Waals surface area contributed by atoms with Crippen LogP contribution in [0.25, 0.3) is 0 Å². The molecular weight excluding hydrogens is 344 g/mol. The molecule has 2 N–H and O–H groups in total. The lowest BCUT2D eigenvalue weighted by atomic mass is 9.98. The van der Waals surface area contributed by atoms with Crippen molar-refractivity contribution in [3.8, 4) is 0 Å². The molecule has 0 fully saturated rings. The number of nitro benzene ring substituents is 1. The lowest BCUT2D eigenvalue weighted by Gasteiger charge is -2.40. The van der Waals surface area contributed by atoms with Crippen molar-refractivity contribution in [1.29, 1.82) is 0 Å². The molecule has 0 radical (unpaired) electrons. The van der Waals surface area contributed by atoms with Crippen LogP contribution in [-0.4, -0.2) is 49.5 Å². The Balaban J connectivity index is 3.06. The number of aliphatic carboxylic acids is 2. The Bertz CT molecular complexity index is 692. The van der Waals surface area contributed by atoms with Crippen molar-refractivity contribution >= 4 is 23.5 Å². The van der Waals surface area contributed by atoms with Gasteiger partial charge in [-0.15, -0.1) is 0 Å². The molecule has 9 nitrogen and oxygen atoms in total. The van der Waals surface area contributed by atoms with Gasteiger partial charge in [0, 0.05) is 24.1 Å². The molecule has 1 aromatic carbocycles. The summed E-state index contributed by atoms with van der Waals surface area (Å²) >= 11 is 0. The van der Waals surface area contributed by atoms with E-state index in [1.54, 1.807) is 20.8 Å². The number of carbonyl (C=O) groups excluding carboxylic acids is 1. The van der Waals surface area contributed by atoms with Gasteiger partial charge in [0.1, 0.15) is 6.04 Å². The Morgan fingerprint density at radius 3 is 2.08 bits per heavy atom. The molecule has 1 aromatic rings. The van der Waals surface area contributed by atoms with Crippen LogP contribution in [0.5, 0.6) is 0 Å². The van der Waals surface area contributed by atoms with Crippen molar-refractivity contribution in [3.05, 3.63) is 39.9 Å². The van der Waals surface area contributed by atoms with Crippen molar-refractivity contribution in [2.75, 3.05) is 0 Å². The van der Waals surface area contributed by atoms with Gasteiger partial charge in [-0.1, -0.05) is 12.1 Å². The molecule has 1 amide bonds. The standard InChI is InChI=1S/C17H22N2O7/c1-17(2,3)18(13(16(23)24)8-9-15(21)22)14(20)10-11-4-6-12(7-5-11)19(25)26/h4-7,13H,8-10H2,1-3H3,(H,21,22)(H,23,24)/t13-/m0/s1. The predicted molar refractivity (Wildman–Crippen MR) is 91.7 cm³/mol. The quantitative estimate of drug-likeness (QED) is 0.530. The number of carboxylic acids is 2. The van der Waals surface area contributed by atoms with Gasteiger partial charge in [-0.3, -0.25) is 19.7 Å². The van der Waals surface area contributed by atoms with Crippen LogP contribution in [0.15, 0.2) is 24.3 Å². The van der Waals surface area contributed by atoms with Gasteiger partial charge >= 0.3 is 11.9 Å². The summed E-state index contributed by atoms with van der Waals surface area (Å²) in [4.78, 5) is 46.5. The number of non-ortho nitro benzene ring substituents is 1. The van der Waals surface area contributed by atoms with Crippen LogP contribution in [0.1, 0.15) is 39.2 Å². The average molecular weight is 366 g/mol. The maximum atomic E-state index is 12.7. The van der Waals surface area contributed by atoms with Crippen LogP contribution < -0.4 is 0 Å². The van der Waals surface area contributed by atoms with E-state index in [-0.39, 0.29) is 24.9 Å². The van der Waals surface area contributed by atoms with E-state index in [0.717, 1.165) is 0 Å². The number of rotatable bonds is 8. The number of carboxylic acid groups (broad SMARTS) is 2. The number of amides is 1. The van der Waals surface area contributed by atoms with Gasteiger partial charge in [0.15, 0.2) is 0 Å². The minimum atomic E-state index is -1.28. The Morgan fingerprint density at radius 1 is 1.15 bits per heavy atom. The largest absolute Gasteiger partial charge is 0.481 e. The van der Waals surface area contributed by atoms with Crippen LogP contribution in [0.3, 0.4) is 0 Å². The number of carbonyl (C=O) groups is 3. The number of hydrogen-bond acceptors (Lipinski definition) is 5. The van der Waals surface area contributed by atoms with Crippen molar-refractivity contribution < 1.29 is 29.5 Å². The maximum Gasteiger partial charge on any atom is 0.326 e. The highest BCUT2D eigenvalue weighted by atomic mass is 16.6. The Morgan fingerprint density at radius 2 is 1.69 bits per heavy atom.